The fourth-order valence-electron chi connectivity index (χ4n) is 2.28. The van der Waals surface area contributed by atoms with Gasteiger partial charge in [-0.05, 0) is 36.2 Å². The third-order valence-corrected chi connectivity index (χ3v) is 4.46. The van der Waals surface area contributed by atoms with Crippen LogP contribution in [0.4, 0.5) is 5.00 Å². The number of nitrogens with one attached hydrogen (secondary N) is 2. The number of carbonyl (C=O) groups is 1. The molecule has 2 aromatic heterocycles. The van der Waals surface area contributed by atoms with Gasteiger partial charge >= 0.3 is 0 Å². The van der Waals surface area contributed by atoms with E-state index in [2.05, 4.69) is 20.0 Å². The predicted octanol–water partition coefficient (Wildman–Crippen LogP) is 2.61. The van der Waals surface area contributed by atoms with Gasteiger partial charge in [0.1, 0.15) is 5.00 Å². The first-order valence-corrected chi connectivity index (χ1v) is 7.96. The topological polar surface area (TPSA) is 71.8 Å². The number of hydrogen-bond donors (Lipinski definition) is 2. The molecule has 3 aromatic rings. The van der Waals surface area contributed by atoms with Crippen molar-refractivity contribution in [3.8, 4) is 5.69 Å². The molecule has 3 rings (SSSR count). The molecular formula is C16H17N5OS. The van der Waals surface area contributed by atoms with E-state index < -0.39 is 0 Å². The van der Waals surface area contributed by atoms with Crippen molar-refractivity contribution in [2.75, 3.05) is 12.4 Å². The lowest BCUT2D eigenvalue weighted by atomic mass is 10.2. The zero-order chi connectivity index (χ0) is 16.2. The molecule has 2 N–H and O–H groups in total. The number of amides is 1. The maximum Gasteiger partial charge on any atom is 0.256 e. The zero-order valence-electron chi connectivity index (χ0n) is 12.9. The fraction of sp³-hybridized carbons (Fsp3) is 0.188. The number of anilines is 1. The second-order valence-corrected chi connectivity index (χ2v) is 5.81. The molecule has 2 heterocycles. The minimum Gasteiger partial charge on any atom is -0.378 e. The molecule has 0 fully saturated rings. The Morgan fingerprint density at radius 2 is 2.09 bits per heavy atom. The summed E-state index contributed by atoms with van der Waals surface area (Å²) in [5.41, 5.74) is 3.43. The maximum absolute atomic E-state index is 12.3. The molecule has 0 aliphatic carbocycles. The number of aromatic nitrogens is 3. The molecule has 0 saturated heterocycles. The average Bonchev–Trinajstić information content (AvgIpc) is 3.22. The number of carbonyl (C=O) groups excluding carboxylic acids is 1. The largest absolute Gasteiger partial charge is 0.378 e. The van der Waals surface area contributed by atoms with E-state index in [1.165, 1.54) is 11.5 Å². The van der Waals surface area contributed by atoms with Crippen LogP contribution in [0.25, 0.3) is 5.69 Å². The third kappa shape index (κ3) is 3.24. The fourth-order valence-corrected chi connectivity index (χ4v) is 3.02. The molecule has 0 aliphatic rings. The molecule has 23 heavy (non-hydrogen) atoms. The second kappa shape index (κ2) is 6.62. The Hall–Kier alpha value is -2.67. The number of aryl methyl sites for hydroxylation is 1. The monoisotopic (exact) mass is 327 g/mol. The van der Waals surface area contributed by atoms with Crippen molar-refractivity contribution < 1.29 is 4.79 Å². The number of imidazole rings is 1. The normalized spacial score (nSPS) is 10.5. The van der Waals surface area contributed by atoms with E-state index in [1.54, 1.807) is 19.6 Å². The van der Waals surface area contributed by atoms with Crippen molar-refractivity contribution in [2.24, 2.45) is 0 Å². The van der Waals surface area contributed by atoms with E-state index >= 15 is 0 Å². The Kier molecular flexibility index (Phi) is 4.38. The molecule has 1 amide bonds. The summed E-state index contributed by atoms with van der Waals surface area (Å²) >= 11 is 1.30. The third-order valence-electron chi connectivity index (χ3n) is 3.51. The van der Waals surface area contributed by atoms with Crippen LogP contribution in [-0.4, -0.2) is 26.9 Å². The van der Waals surface area contributed by atoms with Gasteiger partial charge in [-0.25, -0.2) is 4.98 Å². The molecule has 0 aliphatic heterocycles. The lowest BCUT2D eigenvalue weighted by Crippen LogP contribution is -2.23. The Morgan fingerprint density at radius 3 is 2.74 bits per heavy atom. The van der Waals surface area contributed by atoms with E-state index in [1.807, 2.05) is 42.0 Å². The van der Waals surface area contributed by atoms with Crippen molar-refractivity contribution in [2.45, 2.75) is 13.5 Å². The summed E-state index contributed by atoms with van der Waals surface area (Å²) in [5, 5.41) is 6.73. The van der Waals surface area contributed by atoms with Gasteiger partial charge in [0, 0.05) is 31.7 Å². The molecule has 0 saturated carbocycles. The van der Waals surface area contributed by atoms with Crippen LogP contribution >= 0.6 is 11.5 Å². The first-order valence-electron chi connectivity index (χ1n) is 7.18. The highest BCUT2D eigenvalue weighted by molar-refractivity contribution is 7.10. The van der Waals surface area contributed by atoms with Gasteiger partial charge in [-0.3, -0.25) is 4.79 Å². The van der Waals surface area contributed by atoms with Crippen LogP contribution in [0.3, 0.4) is 0 Å². The molecule has 118 valence electrons. The number of benzene rings is 1. The van der Waals surface area contributed by atoms with Crippen LogP contribution in [0.15, 0.2) is 43.0 Å². The van der Waals surface area contributed by atoms with E-state index in [9.17, 15) is 4.79 Å². The highest BCUT2D eigenvalue weighted by atomic mass is 32.1. The van der Waals surface area contributed by atoms with E-state index in [4.69, 9.17) is 0 Å². The Bertz CT molecular complexity index is 793. The van der Waals surface area contributed by atoms with Crippen molar-refractivity contribution in [3.05, 3.63) is 59.8 Å². The molecule has 0 radical (unpaired) electrons. The lowest BCUT2D eigenvalue weighted by molar-refractivity contribution is 0.0951. The van der Waals surface area contributed by atoms with Crippen molar-refractivity contribution in [1.29, 1.82) is 0 Å². The average molecular weight is 327 g/mol. The van der Waals surface area contributed by atoms with E-state index in [0.717, 1.165) is 21.9 Å². The first-order chi connectivity index (χ1) is 11.2. The number of hydrogen-bond acceptors (Lipinski definition) is 5. The van der Waals surface area contributed by atoms with Crippen molar-refractivity contribution in [1.82, 2.24) is 19.2 Å². The van der Waals surface area contributed by atoms with Crippen LogP contribution in [0.5, 0.6) is 0 Å². The standard InChI is InChI=1S/C16H17N5OS/c1-11-14(16(17-2)23-20-11)15(22)19-9-12-3-5-13(6-4-12)21-8-7-18-10-21/h3-8,10,17H,9H2,1-2H3,(H,19,22). The highest BCUT2D eigenvalue weighted by Crippen LogP contribution is 2.23. The van der Waals surface area contributed by atoms with Gasteiger partial charge in [-0.15, -0.1) is 0 Å². The first kappa shape index (κ1) is 15.2. The van der Waals surface area contributed by atoms with E-state index in [-0.39, 0.29) is 5.91 Å². The Labute approximate surface area is 138 Å². The van der Waals surface area contributed by atoms with Crippen LogP contribution in [0.2, 0.25) is 0 Å². The van der Waals surface area contributed by atoms with Gasteiger partial charge in [0.15, 0.2) is 0 Å². The van der Waals surface area contributed by atoms with Gasteiger partial charge < -0.3 is 15.2 Å². The van der Waals surface area contributed by atoms with Gasteiger partial charge in [-0.2, -0.15) is 4.37 Å². The summed E-state index contributed by atoms with van der Waals surface area (Å²) in [6.45, 7) is 2.31. The molecular weight excluding hydrogens is 310 g/mol. The van der Waals surface area contributed by atoms with Crippen molar-refractivity contribution in [3.63, 3.8) is 0 Å². The molecule has 7 heteroatoms. The summed E-state index contributed by atoms with van der Waals surface area (Å²) in [4.78, 5) is 16.4. The summed E-state index contributed by atoms with van der Waals surface area (Å²) in [5.74, 6) is -0.112. The lowest BCUT2D eigenvalue weighted by Gasteiger charge is -2.08. The summed E-state index contributed by atoms with van der Waals surface area (Å²) in [6, 6.07) is 7.99. The highest BCUT2D eigenvalue weighted by Gasteiger charge is 2.17. The van der Waals surface area contributed by atoms with Crippen LogP contribution in [0, 0.1) is 6.92 Å². The Balaban J connectivity index is 1.66. The zero-order valence-corrected chi connectivity index (χ0v) is 13.7. The van der Waals surface area contributed by atoms with Gasteiger partial charge in [-0.1, -0.05) is 12.1 Å². The minimum atomic E-state index is -0.112. The maximum atomic E-state index is 12.3. The summed E-state index contributed by atoms with van der Waals surface area (Å²) < 4.78 is 6.15. The second-order valence-electron chi connectivity index (χ2n) is 5.04. The number of rotatable bonds is 5. The quantitative estimate of drug-likeness (QED) is 0.755. The van der Waals surface area contributed by atoms with Gasteiger partial charge in [0.2, 0.25) is 0 Å². The van der Waals surface area contributed by atoms with Crippen molar-refractivity contribution >= 4 is 22.4 Å². The van der Waals surface area contributed by atoms with Gasteiger partial charge in [0.25, 0.3) is 5.91 Å². The summed E-state index contributed by atoms with van der Waals surface area (Å²) in [7, 11) is 1.79. The van der Waals surface area contributed by atoms with E-state index in [0.29, 0.717) is 12.1 Å². The molecule has 6 nitrogen and oxygen atoms in total. The molecule has 0 bridgehead atoms. The van der Waals surface area contributed by atoms with Crippen LogP contribution in [0.1, 0.15) is 21.6 Å². The number of nitrogens with zero attached hydrogens (tertiary/aromatic N) is 3. The van der Waals surface area contributed by atoms with Crippen LogP contribution in [-0.2, 0) is 6.54 Å². The smallest absolute Gasteiger partial charge is 0.256 e. The summed E-state index contributed by atoms with van der Waals surface area (Å²) in [6.07, 6.45) is 5.38. The minimum absolute atomic E-state index is 0.112. The predicted molar refractivity (Wildman–Crippen MR) is 91.1 cm³/mol. The van der Waals surface area contributed by atoms with Crippen LogP contribution < -0.4 is 10.6 Å². The molecule has 1 aromatic carbocycles. The molecule has 0 atom stereocenters. The molecule has 0 spiro atoms. The molecule has 0 unspecified atom stereocenters. The van der Waals surface area contributed by atoms with Gasteiger partial charge in [0.05, 0.1) is 17.6 Å². The SMILES string of the molecule is CNc1snc(C)c1C(=O)NCc1ccc(-n2ccnc2)cc1. The Morgan fingerprint density at radius 1 is 1.30 bits per heavy atom.